The van der Waals surface area contributed by atoms with Crippen LogP contribution in [0.25, 0.3) is 0 Å². The maximum Gasteiger partial charge on any atom is 0.233 e. The van der Waals surface area contributed by atoms with Crippen LogP contribution in [0.5, 0.6) is 0 Å². The summed E-state index contributed by atoms with van der Waals surface area (Å²) in [7, 11) is 0. The molecule has 5 nitrogen and oxygen atoms in total. The fourth-order valence-electron chi connectivity index (χ4n) is 2.21. The second-order valence-corrected chi connectivity index (χ2v) is 9.19. The standard InChI is InChI=1S/C18H20N4OS3/c1-13(16(23)19-10-9-15-8-5-11-24-15)25-18-22-21-17(26-18)20-12-14-6-3-2-4-7-14/h2-8,11,13H,9-10,12H2,1H3,(H,19,23)(H,20,21). The number of benzene rings is 1. The highest BCUT2D eigenvalue weighted by Gasteiger charge is 2.16. The molecule has 2 N–H and O–H groups in total. The van der Waals surface area contributed by atoms with Crippen LogP contribution < -0.4 is 10.6 Å². The maximum atomic E-state index is 12.2. The molecule has 26 heavy (non-hydrogen) atoms. The van der Waals surface area contributed by atoms with Crippen LogP contribution in [-0.4, -0.2) is 27.9 Å². The lowest BCUT2D eigenvalue weighted by atomic mass is 10.2. The molecule has 0 saturated carbocycles. The first kappa shape index (κ1) is 18.9. The van der Waals surface area contributed by atoms with Crippen molar-refractivity contribution in [3.05, 3.63) is 58.3 Å². The van der Waals surface area contributed by atoms with Gasteiger partial charge in [0, 0.05) is 18.0 Å². The maximum absolute atomic E-state index is 12.2. The lowest BCUT2D eigenvalue weighted by Crippen LogP contribution is -2.32. The summed E-state index contributed by atoms with van der Waals surface area (Å²) in [6.07, 6.45) is 0.868. The first-order chi connectivity index (χ1) is 12.7. The van der Waals surface area contributed by atoms with E-state index >= 15 is 0 Å². The summed E-state index contributed by atoms with van der Waals surface area (Å²) in [4.78, 5) is 13.5. The molecule has 0 aliphatic rings. The summed E-state index contributed by atoms with van der Waals surface area (Å²) in [5, 5.41) is 17.2. The molecular weight excluding hydrogens is 384 g/mol. The van der Waals surface area contributed by atoms with Crippen molar-refractivity contribution in [2.24, 2.45) is 0 Å². The Morgan fingerprint density at radius 3 is 2.81 bits per heavy atom. The van der Waals surface area contributed by atoms with E-state index in [1.807, 2.05) is 31.2 Å². The molecule has 0 aliphatic carbocycles. The Kier molecular flexibility index (Phi) is 7.04. The fraction of sp³-hybridized carbons (Fsp3) is 0.278. The minimum absolute atomic E-state index is 0.0283. The molecule has 0 bridgehead atoms. The lowest BCUT2D eigenvalue weighted by molar-refractivity contribution is -0.120. The van der Waals surface area contributed by atoms with Crippen molar-refractivity contribution in [3.63, 3.8) is 0 Å². The zero-order valence-corrected chi connectivity index (χ0v) is 16.8. The van der Waals surface area contributed by atoms with E-state index in [1.54, 1.807) is 11.3 Å². The van der Waals surface area contributed by atoms with Crippen molar-refractivity contribution in [2.75, 3.05) is 11.9 Å². The smallest absolute Gasteiger partial charge is 0.233 e. The number of hydrogen-bond acceptors (Lipinski definition) is 7. The first-order valence-corrected chi connectivity index (χ1v) is 10.9. The summed E-state index contributed by atoms with van der Waals surface area (Å²) in [5.74, 6) is 0.0283. The summed E-state index contributed by atoms with van der Waals surface area (Å²) < 4.78 is 0.793. The van der Waals surface area contributed by atoms with Gasteiger partial charge in [0.1, 0.15) is 0 Å². The highest BCUT2D eigenvalue weighted by molar-refractivity contribution is 8.02. The third-order valence-corrected chi connectivity index (χ3v) is 6.59. The molecule has 136 valence electrons. The van der Waals surface area contributed by atoms with Gasteiger partial charge in [-0.15, -0.1) is 21.5 Å². The monoisotopic (exact) mass is 404 g/mol. The average Bonchev–Trinajstić information content (AvgIpc) is 3.33. The second-order valence-electron chi connectivity index (χ2n) is 5.59. The Balaban J connectivity index is 1.41. The quantitative estimate of drug-likeness (QED) is 0.527. The molecule has 2 heterocycles. The largest absolute Gasteiger partial charge is 0.356 e. The molecule has 1 amide bonds. The van der Waals surface area contributed by atoms with Crippen LogP contribution in [-0.2, 0) is 17.8 Å². The SMILES string of the molecule is CC(Sc1nnc(NCc2ccccc2)s1)C(=O)NCCc1cccs1. The van der Waals surface area contributed by atoms with E-state index < -0.39 is 0 Å². The number of aromatic nitrogens is 2. The Morgan fingerprint density at radius 2 is 2.04 bits per heavy atom. The van der Waals surface area contributed by atoms with Crippen LogP contribution in [0.3, 0.4) is 0 Å². The van der Waals surface area contributed by atoms with Gasteiger partial charge in [-0.1, -0.05) is 59.5 Å². The van der Waals surface area contributed by atoms with Gasteiger partial charge in [-0.05, 0) is 30.4 Å². The molecule has 2 aromatic heterocycles. The minimum atomic E-state index is -0.201. The molecular formula is C18H20N4OS3. The molecule has 1 aromatic carbocycles. The lowest BCUT2D eigenvalue weighted by Gasteiger charge is -2.09. The summed E-state index contributed by atoms with van der Waals surface area (Å²) >= 11 is 4.62. The van der Waals surface area contributed by atoms with Crippen molar-refractivity contribution in [3.8, 4) is 0 Å². The van der Waals surface area contributed by atoms with Crippen LogP contribution in [0, 0.1) is 0 Å². The van der Waals surface area contributed by atoms with Gasteiger partial charge in [0.15, 0.2) is 4.34 Å². The van der Waals surface area contributed by atoms with E-state index in [4.69, 9.17) is 0 Å². The second kappa shape index (κ2) is 9.70. The van der Waals surface area contributed by atoms with Gasteiger partial charge in [-0.3, -0.25) is 4.79 Å². The van der Waals surface area contributed by atoms with Gasteiger partial charge >= 0.3 is 0 Å². The van der Waals surface area contributed by atoms with E-state index in [0.29, 0.717) is 13.1 Å². The number of nitrogens with zero attached hydrogens (tertiary/aromatic N) is 2. The van der Waals surface area contributed by atoms with Gasteiger partial charge in [0.05, 0.1) is 5.25 Å². The Morgan fingerprint density at radius 1 is 1.19 bits per heavy atom. The van der Waals surface area contributed by atoms with Crippen LogP contribution in [0.1, 0.15) is 17.4 Å². The molecule has 1 unspecified atom stereocenters. The van der Waals surface area contributed by atoms with Crippen LogP contribution in [0.4, 0.5) is 5.13 Å². The Bertz CT molecular complexity index is 805. The summed E-state index contributed by atoms with van der Waals surface area (Å²) in [5.41, 5.74) is 1.19. The van der Waals surface area contributed by atoms with Gasteiger partial charge in [-0.25, -0.2) is 0 Å². The number of rotatable bonds is 9. The van der Waals surface area contributed by atoms with E-state index in [0.717, 1.165) is 15.9 Å². The molecule has 3 rings (SSSR count). The number of thioether (sulfide) groups is 1. The number of carbonyl (C=O) groups is 1. The number of anilines is 1. The van der Waals surface area contributed by atoms with Crippen molar-refractivity contribution >= 4 is 45.5 Å². The van der Waals surface area contributed by atoms with Crippen LogP contribution >= 0.6 is 34.4 Å². The average molecular weight is 405 g/mol. The topological polar surface area (TPSA) is 66.9 Å². The minimum Gasteiger partial charge on any atom is -0.356 e. The van der Waals surface area contributed by atoms with Crippen LogP contribution in [0.15, 0.2) is 52.2 Å². The van der Waals surface area contributed by atoms with E-state index in [9.17, 15) is 4.79 Å². The third-order valence-electron chi connectivity index (χ3n) is 3.59. The van der Waals surface area contributed by atoms with E-state index in [-0.39, 0.29) is 11.2 Å². The molecule has 1 atom stereocenters. The van der Waals surface area contributed by atoms with Crippen LogP contribution in [0.2, 0.25) is 0 Å². The van der Waals surface area contributed by atoms with Gasteiger partial charge in [0.25, 0.3) is 0 Å². The molecule has 3 aromatic rings. The molecule has 0 radical (unpaired) electrons. The first-order valence-electron chi connectivity index (χ1n) is 8.29. The zero-order valence-electron chi connectivity index (χ0n) is 14.3. The van der Waals surface area contributed by atoms with Gasteiger partial charge < -0.3 is 10.6 Å². The molecule has 8 heteroatoms. The Labute approximate surface area is 165 Å². The highest BCUT2D eigenvalue weighted by atomic mass is 32.2. The number of nitrogens with one attached hydrogen (secondary N) is 2. The number of thiophene rings is 1. The van der Waals surface area contributed by atoms with Crippen molar-refractivity contribution in [1.29, 1.82) is 0 Å². The predicted octanol–water partition coefficient (Wildman–Crippen LogP) is 4.05. The van der Waals surface area contributed by atoms with Gasteiger partial charge in [-0.2, -0.15) is 0 Å². The summed E-state index contributed by atoms with van der Waals surface area (Å²) in [6.45, 7) is 3.26. The molecule has 0 saturated heterocycles. The molecule has 0 spiro atoms. The number of amides is 1. The molecule has 0 fully saturated rings. The Hall–Kier alpha value is -1.90. The number of carbonyl (C=O) groups excluding carboxylic acids is 1. The number of hydrogen-bond donors (Lipinski definition) is 2. The molecule has 0 aliphatic heterocycles. The van der Waals surface area contributed by atoms with Gasteiger partial charge in [0.2, 0.25) is 11.0 Å². The normalized spacial score (nSPS) is 11.9. The highest BCUT2D eigenvalue weighted by Crippen LogP contribution is 2.29. The fourth-order valence-corrected chi connectivity index (χ4v) is 4.84. The van der Waals surface area contributed by atoms with E-state index in [1.165, 1.54) is 33.5 Å². The third kappa shape index (κ3) is 5.82. The predicted molar refractivity (Wildman–Crippen MR) is 110 cm³/mol. The van der Waals surface area contributed by atoms with Crippen molar-refractivity contribution < 1.29 is 4.79 Å². The van der Waals surface area contributed by atoms with Crippen molar-refractivity contribution in [1.82, 2.24) is 15.5 Å². The van der Waals surface area contributed by atoms with E-state index in [2.05, 4.69) is 44.4 Å². The zero-order chi connectivity index (χ0) is 18.2. The summed E-state index contributed by atoms with van der Waals surface area (Å²) in [6, 6.07) is 14.3. The van der Waals surface area contributed by atoms with Crippen molar-refractivity contribution in [2.45, 2.75) is 29.5 Å².